The second kappa shape index (κ2) is 5.18. The molecule has 3 aliphatic rings. The van der Waals surface area contributed by atoms with Crippen LogP contribution in [0, 0.1) is 11.8 Å². The van der Waals surface area contributed by atoms with Crippen molar-refractivity contribution < 1.29 is 19.1 Å². The molecule has 27 heavy (non-hydrogen) atoms. The Morgan fingerprint density at radius 1 is 0.963 bits per heavy atom. The van der Waals surface area contributed by atoms with Gasteiger partial charge in [-0.3, -0.25) is 14.4 Å². The van der Waals surface area contributed by atoms with Crippen molar-refractivity contribution >= 4 is 35.0 Å². The van der Waals surface area contributed by atoms with E-state index in [1.54, 1.807) is 55.5 Å². The van der Waals surface area contributed by atoms with Crippen LogP contribution in [0.5, 0.6) is 0 Å². The van der Waals surface area contributed by atoms with Crippen LogP contribution < -0.4 is 10.2 Å². The van der Waals surface area contributed by atoms with Crippen LogP contribution in [0.4, 0.5) is 5.69 Å². The molecule has 4 atom stereocenters. The summed E-state index contributed by atoms with van der Waals surface area (Å²) in [6.45, 7) is 1.58. The van der Waals surface area contributed by atoms with Crippen LogP contribution >= 0.6 is 11.6 Å². The summed E-state index contributed by atoms with van der Waals surface area (Å²) in [5.74, 6) is -2.91. The molecule has 3 aliphatic heterocycles. The molecule has 6 nitrogen and oxygen atoms in total. The Hall–Kier alpha value is -2.70. The first-order valence-electron chi connectivity index (χ1n) is 8.60. The molecule has 136 valence electrons. The molecule has 3 heterocycles. The minimum absolute atomic E-state index is 0.383. The zero-order chi connectivity index (χ0) is 19.0. The molecule has 0 unspecified atom stereocenters. The zero-order valence-corrected chi connectivity index (χ0v) is 15.1. The number of amides is 3. The molecule has 2 bridgehead atoms. The molecule has 0 aromatic heterocycles. The molecule has 0 aliphatic carbocycles. The van der Waals surface area contributed by atoms with Gasteiger partial charge in [-0.05, 0) is 31.2 Å². The molecule has 0 radical (unpaired) electrons. The predicted molar refractivity (Wildman–Crippen MR) is 96.7 cm³/mol. The first-order chi connectivity index (χ1) is 12.9. The van der Waals surface area contributed by atoms with E-state index in [-0.39, 0.29) is 11.8 Å². The highest BCUT2D eigenvalue weighted by Crippen LogP contribution is 2.59. The Morgan fingerprint density at radius 3 is 2.26 bits per heavy atom. The van der Waals surface area contributed by atoms with Crippen molar-refractivity contribution in [3.05, 3.63) is 65.2 Å². The summed E-state index contributed by atoms with van der Waals surface area (Å²) in [6.07, 6.45) is 0. The monoisotopic (exact) mass is 382 g/mol. The van der Waals surface area contributed by atoms with Crippen molar-refractivity contribution in [1.82, 2.24) is 5.32 Å². The van der Waals surface area contributed by atoms with E-state index in [4.69, 9.17) is 16.3 Å². The van der Waals surface area contributed by atoms with Crippen molar-refractivity contribution in [3.63, 3.8) is 0 Å². The van der Waals surface area contributed by atoms with Crippen LogP contribution in [-0.4, -0.2) is 23.3 Å². The molecule has 2 aromatic rings. The summed E-state index contributed by atoms with van der Waals surface area (Å²) in [5.41, 5.74) is -1.66. The number of nitrogens with one attached hydrogen (secondary N) is 1. The third-order valence-corrected chi connectivity index (χ3v) is 6.00. The number of anilines is 1. The van der Waals surface area contributed by atoms with E-state index < -0.39 is 29.1 Å². The van der Waals surface area contributed by atoms with Crippen LogP contribution in [0.1, 0.15) is 12.5 Å². The van der Waals surface area contributed by atoms with Gasteiger partial charge in [0.25, 0.3) is 5.91 Å². The van der Waals surface area contributed by atoms with E-state index in [1.807, 2.05) is 6.07 Å². The molecule has 3 saturated heterocycles. The van der Waals surface area contributed by atoms with Gasteiger partial charge >= 0.3 is 0 Å². The number of imide groups is 1. The molecule has 5 rings (SSSR count). The highest BCUT2D eigenvalue weighted by atomic mass is 35.5. The minimum atomic E-state index is -1.39. The van der Waals surface area contributed by atoms with Crippen LogP contribution in [0.2, 0.25) is 5.02 Å². The smallest absolute Gasteiger partial charge is 0.255 e. The number of halogens is 1. The summed E-state index contributed by atoms with van der Waals surface area (Å²) in [6, 6.07) is 15.5. The Kier molecular flexibility index (Phi) is 3.16. The molecular formula is C20H15ClN2O4. The minimum Gasteiger partial charge on any atom is -0.334 e. The average molecular weight is 383 g/mol. The van der Waals surface area contributed by atoms with E-state index in [0.29, 0.717) is 16.3 Å². The second-order valence-corrected chi connectivity index (χ2v) is 7.64. The van der Waals surface area contributed by atoms with Crippen LogP contribution in [0.25, 0.3) is 0 Å². The van der Waals surface area contributed by atoms with Gasteiger partial charge in [-0.1, -0.05) is 41.9 Å². The Bertz CT molecular complexity index is 993. The molecule has 7 heteroatoms. The lowest BCUT2D eigenvalue weighted by atomic mass is 9.74. The van der Waals surface area contributed by atoms with Gasteiger partial charge in [-0.25, -0.2) is 4.90 Å². The Balaban J connectivity index is 1.67. The fraction of sp³-hybridized carbons (Fsp3) is 0.250. The zero-order valence-electron chi connectivity index (χ0n) is 14.3. The predicted octanol–water partition coefficient (Wildman–Crippen LogP) is 2.22. The molecule has 3 amide bonds. The van der Waals surface area contributed by atoms with Crippen LogP contribution in [0.15, 0.2) is 54.6 Å². The summed E-state index contributed by atoms with van der Waals surface area (Å²) in [7, 11) is 0. The van der Waals surface area contributed by atoms with Gasteiger partial charge in [-0.15, -0.1) is 0 Å². The number of carbonyl (C=O) groups excluding carboxylic acids is 3. The quantitative estimate of drug-likeness (QED) is 0.808. The largest absolute Gasteiger partial charge is 0.334 e. The molecule has 2 aromatic carbocycles. The molecule has 1 N–H and O–H groups in total. The van der Waals surface area contributed by atoms with Gasteiger partial charge in [0.15, 0.2) is 11.3 Å². The first kappa shape index (κ1) is 16.5. The second-order valence-electron chi connectivity index (χ2n) is 7.21. The fourth-order valence-electron chi connectivity index (χ4n) is 4.52. The Morgan fingerprint density at radius 2 is 1.59 bits per heavy atom. The third-order valence-electron chi connectivity index (χ3n) is 5.75. The average Bonchev–Trinajstić information content (AvgIpc) is 3.20. The number of hydrogen-bond acceptors (Lipinski definition) is 4. The van der Waals surface area contributed by atoms with Gasteiger partial charge in [0.1, 0.15) is 5.92 Å². The van der Waals surface area contributed by atoms with Gasteiger partial charge in [0.2, 0.25) is 11.8 Å². The number of rotatable bonds is 2. The highest BCUT2D eigenvalue weighted by Gasteiger charge is 2.78. The van der Waals surface area contributed by atoms with Crippen LogP contribution in [0.3, 0.4) is 0 Å². The summed E-state index contributed by atoms with van der Waals surface area (Å²) in [4.78, 5) is 40.4. The SMILES string of the molecule is C[C@]12O[C@](c3ccccc3)(NC1=O)[C@@H]1C(=O)N(c3ccc(Cl)cc3)C(=O)[C@@H]12. The topological polar surface area (TPSA) is 75.7 Å². The third kappa shape index (κ3) is 1.91. The first-order valence-corrected chi connectivity index (χ1v) is 8.98. The highest BCUT2D eigenvalue weighted by molar-refractivity contribution is 6.31. The van der Waals surface area contributed by atoms with Crippen molar-refractivity contribution in [2.45, 2.75) is 18.2 Å². The van der Waals surface area contributed by atoms with E-state index in [9.17, 15) is 14.4 Å². The van der Waals surface area contributed by atoms with Gasteiger partial charge < -0.3 is 10.1 Å². The van der Waals surface area contributed by atoms with E-state index in [1.165, 1.54) is 0 Å². The van der Waals surface area contributed by atoms with E-state index in [2.05, 4.69) is 5.32 Å². The number of ether oxygens (including phenoxy) is 1. The van der Waals surface area contributed by atoms with Crippen LogP contribution in [-0.2, 0) is 24.8 Å². The summed E-state index contributed by atoms with van der Waals surface area (Å²) < 4.78 is 6.11. The number of carbonyl (C=O) groups is 3. The fourth-order valence-corrected chi connectivity index (χ4v) is 4.65. The lowest BCUT2D eigenvalue weighted by molar-refractivity contribution is -0.140. The molecule has 0 spiro atoms. The summed E-state index contributed by atoms with van der Waals surface area (Å²) >= 11 is 5.92. The maximum absolute atomic E-state index is 13.3. The Labute approximate surface area is 160 Å². The molecule has 3 fully saturated rings. The van der Waals surface area contributed by atoms with Crippen molar-refractivity contribution in [3.8, 4) is 0 Å². The van der Waals surface area contributed by atoms with Gasteiger partial charge in [0, 0.05) is 10.6 Å². The van der Waals surface area contributed by atoms with E-state index >= 15 is 0 Å². The van der Waals surface area contributed by atoms with Crippen molar-refractivity contribution in [1.29, 1.82) is 0 Å². The lowest BCUT2D eigenvalue weighted by Crippen LogP contribution is -2.55. The number of fused-ring (bicyclic) bond motifs is 5. The van der Waals surface area contributed by atoms with E-state index in [0.717, 1.165) is 4.90 Å². The number of nitrogens with zero attached hydrogens (tertiary/aromatic N) is 1. The van der Waals surface area contributed by atoms with Crippen molar-refractivity contribution in [2.24, 2.45) is 11.8 Å². The maximum atomic E-state index is 13.3. The number of piperidine rings is 1. The van der Waals surface area contributed by atoms with Crippen molar-refractivity contribution in [2.75, 3.05) is 4.90 Å². The number of hydrogen-bond donors (Lipinski definition) is 1. The maximum Gasteiger partial charge on any atom is 0.255 e. The lowest BCUT2D eigenvalue weighted by Gasteiger charge is -2.32. The van der Waals surface area contributed by atoms with Gasteiger partial charge in [-0.2, -0.15) is 0 Å². The summed E-state index contributed by atoms with van der Waals surface area (Å²) in [5, 5.41) is 3.35. The number of benzene rings is 2. The van der Waals surface area contributed by atoms with Gasteiger partial charge in [0.05, 0.1) is 11.6 Å². The standard InChI is InChI=1S/C20H15ClN2O4/c1-19-14-15(17(25)23(16(14)24)13-9-7-12(21)8-10-13)20(27-19,22-18(19)26)11-5-3-2-4-6-11/h2-10,14-15H,1H3,(H,22,26)/t14-,15+,19-,20+/m1/s1. The molecule has 0 saturated carbocycles. The normalized spacial score (nSPS) is 34.1. The molecular weight excluding hydrogens is 368 g/mol.